The van der Waals surface area contributed by atoms with Gasteiger partial charge >= 0.3 is 0 Å². The topological polar surface area (TPSA) is 54.9 Å². The van der Waals surface area contributed by atoms with Crippen LogP contribution in [-0.4, -0.2) is 72.3 Å². The first-order valence-electron chi connectivity index (χ1n) is 8.43. The van der Waals surface area contributed by atoms with Crippen LogP contribution in [-0.2, 0) is 20.8 Å². The Bertz CT molecular complexity index is 547. The highest BCUT2D eigenvalue weighted by Gasteiger charge is 2.45. The molecular formula is C17H23N3O3. The molecule has 4 rings (SSSR count). The van der Waals surface area contributed by atoms with E-state index in [1.165, 1.54) is 5.56 Å². The lowest BCUT2D eigenvalue weighted by Gasteiger charge is -2.34. The molecule has 3 aliphatic rings. The van der Waals surface area contributed by atoms with Crippen molar-refractivity contribution in [2.45, 2.75) is 25.2 Å². The lowest BCUT2D eigenvalue weighted by atomic mass is 9.98. The predicted molar refractivity (Wildman–Crippen MR) is 83.7 cm³/mol. The van der Waals surface area contributed by atoms with Gasteiger partial charge in [-0.05, 0) is 24.1 Å². The van der Waals surface area contributed by atoms with Crippen molar-refractivity contribution in [1.29, 1.82) is 0 Å². The molecule has 0 aliphatic carbocycles. The predicted octanol–water partition coefficient (Wildman–Crippen LogP) is 0.530. The number of morpholine rings is 2. The molecule has 0 unspecified atom stereocenters. The minimum absolute atomic E-state index is 0.0144. The molecule has 6 nitrogen and oxygen atoms in total. The van der Waals surface area contributed by atoms with Crippen molar-refractivity contribution in [3.63, 3.8) is 0 Å². The smallest absolute Gasteiger partial charge is 0.228 e. The number of fused-ring (bicyclic) bond motifs is 2. The molecule has 1 amide bonds. The maximum absolute atomic E-state index is 12.8. The molecule has 0 N–H and O–H groups in total. The Hall–Kier alpha value is -1.50. The van der Waals surface area contributed by atoms with Gasteiger partial charge in [-0.3, -0.25) is 14.7 Å². The van der Waals surface area contributed by atoms with Gasteiger partial charge in [0.25, 0.3) is 0 Å². The third-order valence-corrected chi connectivity index (χ3v) is 5.03. The molecule has 3 fully saturated rings. The molecule has 4 heterocycles. The van der Waals surface area contributed by atoms with Crippen LogP contribution in [0.1, 0.15) is 12.0 Å². The van der Waals surface area contributed by atoms with Crippen LogP contribution in [0, 0.1) is 5.92 Å². The van der Waals surface area contributed by atoms with Crippen molar-refractivity contribution in [3.05, 3.63) is 30.1 Å². The average Bonchev–Trinajstić information content (AvgIpc) is 2.90. The van der Waals surface area contributed by atoms with Crippen molar-refractivity contribution in [2.75, 3.05) is 39.4 Å². The third-order valence-electron chi connectivity index (χ3n) is 5.03. The van der Waals surface area contributed by atoms with Crippen LogP contribution in [0.15, 0.2) is 24.5 Å². The van der Waals surface area contributed by atoms with E-state index < -0.39 is 0 Å². The second-order valence-corrected chi connectivity index (χ2v) is 6.63. The maximum Gasteiger partial charge on any atom is 0.228 e. The van der Waals surface area contributed by atoms with Crippen LogP contribution in [0.3, 0.4) is 0 Å². The highest BCUT2D eigenvalue weighted by Crippen LogP contribution is 2.33. The number of aromatic nitrogens is 1. The highest BCUT2D eigenvalue weighted by atomic mass is 16.5. The van der Waals surface area contributed by atoms with E-state index in [0.29, 0.717) is 26.3 Å². The zero-order valence-electron chi connectivity index (χ0n) is 13.3. The minimum Gasteiger partial charge on any atom is -0.378 e. The van der Waals surface area contributed by atoms with E-state index in [1.54, 1.807) is 0 Å². The lowest BCUT2D eigenvalue weighted by molar-refractivity contribution is -0.142. The summed E-state index contributed by atoms with van der Waals surface area (Å²) in [6.45, 7) is 5.38. The van der Waals surface area contributed by atoms with E-state index >= 15 is 0 Å². The molecule has 3 aliphatic heterocycles. The molecule has 6 heteroatoms. The molecule has 2 bridgehead atoms. The SMILES string of the molecule is O=C([C@@H]1C[C@H]2CN(Cc3ccncc3)C[C@H]1O2)N1CCOCC1. The van der Waals surface area contributed by atoms with Crippen molar-refractivity contribution < 1.29 is 14.3 Å². The summed E-state index contributed by atoms with van der Waals surface area (Å²) >= 11 is 0. The molecule has 1 aromatic rings. The molecule has 23 heavy (non-hydrogen) atoms. The summed E-state index contributed by atoms with van der Waals surface area (Å²) in [5, 5.41) is 0. The van der Waals surface area contributed by atoms with E-state index in [2.05, 4.69) is 9.88 Å². The fourth-order valence-corrected chi connectivity index (χ4v) is 3.89. The number of hydrogen-bond donors (Lipinski definition) is 0. The zero-order valence-corrected chi connectivity index (χ0v) is 13.3. The highest BCUT2D eigenvalue weighted by molar-refractivity contribution is 5.80. The maximum atomic E-state index is 12.8. The van der Waals surface area contributed by atoms with Gasteiger partial charge in [-0.25, -0.2) is 0 Å². The van der Waals surface area contributed by atoms with Crippen LogP contribution >= 0.6 is 0 Å². The summed E-state index contributed by atoms with van der Waals surface area (Å²) in [6.07, 6.45) is 4.73. The molecular weight excluding hydrogens is 294 g/mol. The van der Waals surface area contributed by atoms with Crippen molar-refractivity contribution in [1.82, 2.24) is 14.8 Å². The number of carbonyl (C=O) groups is 1. The molecule has 0 aromatic carbocycles. The Labute approximate surface area is 136 Å². The van der Waals surface area contributed by atoms with Crippen LogP contribution in [0.2, 0.25) is 0 Å². The largest absolute Gasteiger partial charge is 0.378 e. The first-order valence-corrected chi connectivity index (χ1v) is 8.43. The number of amides is 1. The van der Waals surface area contributed by atoms with Gasteiger partial charge in [0.1, 0.15) is 0 Å². The number of nitrogens with zero attached hydrogens (tertiary/aromatic N) is 3. The van der Waals surface area contributed by atoms with Crippen LogP contribution < -0.4 is 0 Å². The van der Waals surface area contributed by atoms with Crippen LogP contribution in [0.4, 0.5) is 0 Å². The first-order chi connectivity index (χ1) is 11.3. The number of likely N-dealkylation sites (tertiary alicyclic amines) is 1. The standard InChI is InChI=1S/C17H23N3O3/c21-17(20-5-7-22-8-6-20)15-9-14-11-19(12-16(15)23-14)10-13-1-3-18-4-2-13/h1-4,14-16H,5-12H2/t14-,15+,16+/m0/s1. The Kier molecular flexibility index (Phi) is 4.29. The van der Waals surface area contributed by atoms with Gasteiger partial charge in [-0.15, -0.1) is 0 Å². The van der Waals surface area contributed by atoms with Crippen LogP contribution in [0.5, 0.6) is 0 Å². The first kappa shape index (κ1) is 15.1. The Morgan fingerprint density at radius 2 is 2.00 bits per heavy atom. The zero-order chi connectivity index (χ0) is 15.6. The fraction of sp³-hybridized carbons (Fsp3) is 0.647. The van der Waals surface area contributed by atoms with Crippen molar-refractivity contribution >= 4 is 5.91 Å². The van der Waals surface area contributed by atoms with E-state index in [4.69, 9.17) is 9.47 Å². The van der Waals surface area contributed by atoms with Gasteiger partial charge in [-0.2, -0.15) is 0 Å². The summed E-state index contributed by atoms with van der Waals surface area (Å²) in [5.41, 5.74) is 1.26. The number of ether oxygens (including phenoxy) is 2. The van der Waals surface area contributed by atoms with Gasteiger partial charge in [0.2, 0.25) is 5.91 Å². The van der Waals surface area contributed by atoms with Gasteiger partial charge in [-0.1, -0.05) is 0 Å². The second kappa shape index (κ2) is 6.55. The number of carbonyl (C=O) groups excluding carboxylic acids is 1. The molecule has 3 saturated heterocycles. The van der Waals surface area contributed by atoms with Gasteiger partial charge in [0, 0.05) is 45.1 Å². The number of pyridine rings is 1. The molecule has 124 valence electrons. The van der Waals surface area contributed by atoms with Gasteiger partial charge in [0.15, 0.2) is 0 Å². The van der Waals surface area contributed by atoms with E-state index in [-0.39, 0.29) is 24.0 Å². The van der Waals surface area contributed by atoms with Crippen molar-refractivity contribution in [3.8, 4) is 0 Å². The monoisotopic (exact) mass is 317 g/mol. The number of hydrogen-bond acceptors (Lipinski definition) is 5. The Balaban J connectivity index is 1.39. The summed E-state index contributed by atoms with van der Waals surface area (Å²) < 4.78 is 11.4. The van der Waals surface area contributed by atoms with E-state index in [0.717, 1.165) is 26.1 Å². The van der Waals surface area contributed by atoms with Gasteiger partial charge < -0.3 is 14.4 Å². The normalized spacial score (nSPS) is 31.3. The van der Waals surface area contributed by atoms with Crippen LogP contribution in [0.25, 0.3) is 0 Å². The lowest BCUT2D eigenvalue weighted by Crippen LogP contribution is -2.48. The van der Waals surface area contributed by atoms with E-state index in [1.807, 2.05) is 29.4 Å². The minimum atomic E-state index is 0.0144. The summed E-state index contributed by atoms with van der Waals surface area (Å²) in [5.74, 6) is 0.270. The quantitative estimate of drug-likeness (QED) is 0.814. The van der Waals surface area contributed by atoms with Gasteiger partial charge in [0.05, 0.1) is 31.3 Å². The Morgan fingerprint density at radius 3 is 2.78 bits per heavy atom. The summed E-state index contributed by atoms with van der Waals surface area (Å²) in [6, 6.07) is 4.10. The molecule has 1 aromatic heterocycles. The molecule has 3 atom stereocenters. The third kappa shape index (κ3) is 3.24. The second-order valence-electron chi connectivity index (χ2n) is 6.63. The molecule has 0 saturated carbocycles. The van der Waals surface area contributed by atoms with Crippen molar-refractivity contribution in [2.24, 2.45) is 5.92 Å². The molecule has 0 radical (unpaired) electrons. The fourth-order valence-electron chi connectivity index (χ4n) is 3.89. The average molecular weight is 317 g/mol. The Morgan fingerprint density at radius 1 is 1.22 bits per heavy atom. The molecule has 0 spiro atoms. The number of rotatable bonds is 3. The summed E-state index contributed by atoms with van der Waals surface area (Å²) in [7, 11) is 0. The summed E-state index contributed by atoms with van der Waals surface area (Å²) in [4.78, 5) is 21.2. The van der Waals surface area contributed by atoms with E-state index in [9.17, 15) is 4.79 Å².